The first-order valence-corrected chi connectivity index (χ1v) is 6.13. The number of aliphatic hydroxyl groups excluding tert-OH is 1. The third-order valence-corrected chi connectivity index (χ3v) is 3.42. The summed E-state index contributed by atoms with van der Waals surface area (Å²) in [5.74, 6) is 0.0581. The molecule has 1 aromatic rings. The van der Waals surface area contributed by atoms with E-state index in [-0.39, 0.29) is 12.5 Å². The van der Waals surface area contributed by atoms with E-state index in [0.717, 1.165) is 29.5 Å². The number of hydrogen-bond donors (Lipinski definition) is 1. The number of rotatable bonds is 4. The van der Waals surface area contributed by atoms with E-state index < -0.39 is 0 Å². The molecule has 17 heavy (non-hydrogen) atoms. The average molecular weight is 233 g/mol. The summed E-state index contributed by atoms with van der Waals surface area (Å²) in [6.45, 7) is 4.47. The lowest BCUT2D eigenvalue weighted by atomic mass is 10.0. The third kappa shape index (κ3) is 2.50. The van der Waals surface area contributed by atoms with Crippen LogP contribution in [0.3, 0.4) is 0 Å². The van der Waals surface area contributed by atoms with Gasteiger partial charge < -0.3 is 10.0 Å². The molecule has 0 bridgehead atoms. The maximum absolute atomic E-state index is 12.4. The van der Waals surface area contributed by atoms with Crippen LogP contribution in [0.25, 0.3) is 0 Å². The van der Waals surface area contributed by atoms with Crippen LogP contribution in [0.4, 0.5) is 0 Å². The van der Waals surface area contributed by atoms with Crippen LogP contribution >= 0.6 is 0 Å². The van der Waals surface area contributed by atoms with E-state index >= 15 is 0 Å². The third-order valence-electron chi connectivity index (χ3n) is 3.42. The zero-order chi connectivity index (χ0) is 12.4. The molecule has 1 aliphatic rings. The van der Waals surface area contributed by atoms with Crippen LogP contribution in [0, 0.1) is 13.8 Å². The molecule has 2 rings (SSSR count). The highest BCUT2D eigenvalue weighted by Crippen LogP contribution is 2.28. The minimum absolute atomic E-state index is 0.0348. The molecule has 1 aromatic carbocycles. The van der Waals surface area contributed by atoms with Crippen LogP contribution in [-0.2, 0) is 0 Å². The number of benzene rings is 1. The molecular formula is C14H19NO2. The highest BCUT2D eigenvalue weighted by Gasteiger charge is 2.33. The molecule has 0 saturated heterocycles. The monoisotopic (exact) mass is 233 g/mol. The number of hydrogen-bond acceptors (Lipinski definition) is 2. The number of nitrogens with zero attached hydrogens (tertiary/aromatic N) is 1. The van der Waals surface area contributed by atoms with E-state index in [4.69, 9.17) is 5.11 Å². The molecule has 0 aliphatic heterocycles. The molecular weight excluding hydrogens is 214 g/mol. The Morgan fingerprint density at radius 2 is 2.12 bits per heavy atom. The van der Waals surface area contributed by atoms with Crippen LogP contribution in [-0.4, -0.2) is 35.1 Å². The number of carbonyl (C=O) groups is 1. The molecule has 3 heteroatoms. The largest absolute Gasteiger partial charge is 0.395 e. The average Bonchev–Trinajstić information content (AvgIpc) is 3.13. The van der Waals surface area contributed by atoms with Gasteiger partial charge in [0.15, 0.2) is 0 Å². The molecule has 3 nitrogen and oxygen atoms in total. The normalized spacial score (nSPS) is 14.8. The first-order chi connectivity index (χ1) is 8.15. The Hall–Kier alpha value is -1.35. The summed E-state index contributed by atoms with van der Waals surface area (Å²) in [5, 5.41) is 9.04. The molecule has 0 aromatic heterocycles. The van der Waals surface area contributed by atoms with Gasteiger partial charge >= 0.3 is 0 Å². The van der Waals surface area contributed by atoms with Crippen molar-refractivity contribution in [2.45, 2.75) is 32.7 Å². The van der Waals surface area contributed by atoms with Crippen molar-refractivity contribution in [3.8, 4) is 0 Å². The Kier molecular flexibility index (Phi) is 3.48. The van der Waals surface area contributed by atoms with Crippen molar-refractivity contribution in [3.05, 3.63) is 34.9 Å². The van der Waals surface area contributed by atoms with Crippen LogP contribution in [0.15, 0.2) is 18.2 Å². The van der Waals surface area contributed by atoms with Crippen LogP contribution < -0.4 is 0 Å². The van der Waals surface area contributed by atoms with Gasteiger partial charge in [0.05, 0.1) is 6.61 Å². The molecule has 0 heterocycles. The van der Waals surface area contributed by atoms with Crippen molar-refractivity contribution < 1.29 is 9.90 Å². The second kappa shape index (κ2) is 4.88. The number of carbonyl (C=O) groups excluding carboxylic acids is 1. The van der Waals surface area contributed by atoms with E-state index in [0.29, 0.717) is 12.6 Å². The molecule has 1 fully saturated rings. The molecule has 0 unspecified atom stereocenters. The van der Waals surface area contributed by atoms with Gasteiger partial charge in [-0.15, -0.1) is 0 Å². The minimum Gasteiger partial charge on any atom is -0.395 e. The highest BCUT2D eigenvalue weighted by atomic mass is 16.3. The van der Waals surface area contributed by atoms with Crippen molar-refractivity contribution in [1.82, 2.24) is 4.90 Å². The second-order valence-electron chi connectivity index (χ2n) is 4.70. The van der Waals surface area contributed by atoms with Crippen molar-refractivity contribution >= 4 is 5.91 Å². The van der Waals surface area contributed by atoms with Gasteiger partial charge in [-0.05, 0) is 43.9 Å². The summed E-state index contributed by atoms with van der Waals surface area (Å²) < 4.78 is 0. The zero-order valence-electron chi connectivity index (χ0n) is 10.4. The molecule has 1 N–H and O–H groups in total. The summed E-state index contributed by atoms with van der Waals surface area (Å²) in [6, 6.07) is 6.14. The molecule has 0 spiro atoms. The number of amides is 1. The Labute approximate surface area is 102 Å². The lowest BCUT2D eigenvalue weighted by Gasteiger charge is -2.22. The van der Waals surface area contributed by atoms with Gasteiger partial charge in [0, 0.05) is 18.2 Å². The van der Waals surface area contributed by atoms with Gasteiger partial charge in [-0.25, -0.2) is 0 Å². The van der Waals surface area contributed by atoms with Gasteiger partial charge in [0.1, 0.15) is 0 Å². The lowest BCUT2D eigenvalue weighted by molar-refractivity contribution is 0.0707. The van der Waals surface area contributed by atoms with Crippen LogP contribution in [0.2, 0.25) is 0 Å². The van der Waals surface area contributed by atoms with Crippen molar-refractivity contribution in [2.24, 2.45) is 0 Å². The van der Waals surface area contributed by atoms with E-state index in [1.807, 2.05) is 36.9 Å². The van der Waals surface area contributed by atoms with Crippen molar-refractivity contribution in [2.75, 3.05) is 13.2 Å². The lowest BCUT2D eigenvalue weighted by Crippen LogP contribution is -2.35. The minimum atomic E-state index is 0.0348. The standard InChI is InChI=1S/C14H19NO2/c1-10-4-3-5-13(11(10)2)14(17)15(8-9-16)12-6-7-12/h3-5,12,16H,6-9H2,1-2H3. The fourth-order valence-corrected chi connectivity index (χ4v) is 2.08. The number of aliphatic hydroxyl groups is 1. The summed E-state index contributed by atoms with van der Waals surface area (Å²) in [6.07, 6.45) is 2.13. The van der Waals surface area contributed by atoms with Gasteiger partial charge in [-0.2, -0.15) is 0 Å². The predicted molar refractivity (Wildman–Crippen MR) is 67.1 cm³/mol. The fraction of sp³-hybridized carbons (Fsp3) is 0.500. The first-order valence-electron chi connectivity index (χ1n) is 6.13. The van der Waals surface area contributed by atoms with Crippen LogP contribution in [0.5, 0.6) is 0 Å². The van der Waals surface area contributed by atoms with Gasteiger partial charge in [-0.1, -0.05) is 12.1 Å². The SMILES string of the molecule is Cc1cccc(C(=O)N(CCO)C2CC2)c1C. The van der Waals surface area contributed by atoms with Crippen LogP contribution in [0.1, 0.15) is 34.3 Å². The summed E-state index contributed by atoms with van der Waals surface area (Å²) in [4.78, 5) is 14.2. The summed E-state index contributed by atoms with van der Waals surface area (Å²) in [5.41, 5.74) is 2.95. The Balaban J connectivity index is 2.25. The van der Waals surface area contributed by atoms with E-state index in [9.17, 15) is 4.79 Å². The van der Waals surface area contributed by atoms with Gasteiger partial charge in [0.25, 0.3) is 5.91 Å². The molecule has 1 amide bonds. The summed E-state index contributed by atoms with van der Waals surface area (Å²) >= 11 is 0. The number of aryl methyl sites for hydroxylation is 1. The molecule has 1 aliphatic carbocycles. The van der Waals surface area contributed by atoms with E-state index in [1.165, 1.54) is 0 Å². The Bertz CT molecular complexity index is 424. The quantitative estimate of drug-likeness (QED) is 0.863. The van der Waals surface area contributed by atoms with Crippen molar-refractivity contribution in [3.63, 3.8) is 0 Å². The maximum atomic E-state index is 12.4. The molecule has 0 atom stereocenters. The smallest absolute Gasteiger partial charge is 0.254 e. The summed E-state index contributed by atoms with van der Waals surface area (Å²) in [7, 11) is 0. The molecule has 92 valence electrons. The molecule has 1 saturated carbocycles. The van der Waals surface area contributed by atoms with Crippen molar-refractivity contribution in [1.29, 1.82) is 0 Å². The van der Waals surface area contributed by atoms with Gasteiger partial charge in [0.2, 0.25) is 0 Å². The zero-order valence-corrected chi connectivity index (χ0v) is 10.4. The first kappa shape index (κ1) is 12.1. The second-order valence-corrected chi connectivity index (χ2v) is 4.70. The maximum Gasteiger partial charge on any atom is 0.254 e. The van der Waals surface area contributed by atoms with E-state index in [2.05, 4.69) is 0 Å². The van der Waals surface area contributed by atoms with Gasteiger partial charge in [-0.3, -0.25) is 4.79 Å². The predicted octanol–water partition coefficient (Wildman–Crippen LogP) is 1.90. The topological polar surface area (TPSA) is 40.5 Å². The Morgan fingerprint density at radius 3 is 2.71 bits per heavy atom. The molecule has 0 radical (unpaired) electrons. The fourth-order valence-electron chi connectivity index (χ4n) is 2.08. The van der Waals surface area contributed by atoms with E-state index in [1.54, 1.807) is 0 Å². The highest BCUT2D eigenvalue weighted by molar-refractivity contribution is 5.96. The Morgan fingerprint density at radius 1 is 1.41 bits per heavy atom.